The maximum Gasteiger partial charge on any atom is 0.277 e. The average Bonchev–Trinajstić information content (AvgIpc) is 3.36. The minimum atomic E-state index is -0.252. The number of amides is 1. The molecule has 1 N–H and O–H groups in total. The molecule has 4 rings (SSSR count). The van der Waals surface area contributed by atoms with E-state index in [9.17, 15) is 4.79 Å². The van der Waals surface area contributed by atoms with E-state index in [1.165, 1.54) is 31.0 Å². The summed E-state index contributed by atoms with van der Waals surface area (Å²) in [5.41, 5.74) is 1.91. The van der Waals surface area contributed by atoms with Gasteiger partial charge in [0.2, 0.25) is 5.91 Å². The number of rotatable bonds is 6. The van der Waals surface area contributed by atoms with Crippen molar-refractivity contribution in [3.05, 3.63) is 30.5 Å². The molecular formula is C21H26N4O2S. The summed E-state index contributed by atoms with van der Waals surface area (Å²) in [6.07, 6.45) is 7.82. The van der Waals surface area contributed by atoms with Crippen LogP contribution in [0, 0.1) is 0 Å². The normalized spacial score (nSPS) is 16.4. The fourth-order valence-electron chi connectivity index (χ4n) is 4.04. The summed E-state index contributed by atoms with van der Waals surface area (Å²) in [6, 6.07) is 8.37. The van der Waals surface area contributed by atoms with Crippen molar-refractivity contribution in [1.82, 2.24) is 20.1 Å². The summed E-state index contributed by atoms with van der Waals surface area (Å²) in [6.45, 7) is 4.73. The molecule has 1 atom stereocenters. The molecule has 28 heavy (non-hydrogen) atoms. The summed E-state index contributed by atoms with van der Waals surface area (Å²) in [5.74, 6) is 0.630. The van der Waals surface area contributed by atoms with E-state index in [1.54, 1.807) is 0 Å². The number of carbonyl (C=O) groups excluding carboxylic acids is 1. The quantitative estimate of drug-likeness (QED) is 0.599. The summed E-state index contributed by atoms with van der Waals surface area (Å²) >= 11 is 1.34. The Balaban J connectivity index is 1.46. The van der Waals surface area contributed by atoms with Gasteiger partial charge >= 0.3 is 0 Å². The average molecular weight is 399 g/mol. The fraction of sp³-hybridized carbons (Fsp3) is 0.476. The summed E-state index contributed by atoms with van der Waals surface area (Å²) in [4.78, 5) is 18.3. The number of thioether (sulfide) groups is 1. The Morgan fingerprint density at radius 3 is 2.86 bits per heavy atom. The molecule has 0 aliphatic heterocycles. The van der Waals surface area contributed by atoms with Crippen molar-refractivity contribution >= 4 is 28.6 Å². The zero-order valence-electron chi connectivity index (χ0n) is 16.4. The van der Waals surface area contributed by atoms with Crippen LogP contribution in [0.1, 0.15) is 46.0 Å². The van der Waals surface area contributed by atoms with E-state index in [0.29, 0.717) is 17.2 Å². The highest BCUT2D eigenvalue weighted by atomic mass is 32.2. The number of para-hydroxylation sites is 1. The van der Waals surface area contributed by atoms with E-state index in [1.807, 2.05) is 42.3 Å². The first-order valence-electron chi connectivity index (χ1n) is 10.0. The smallest absolute Gasteiger partial charge is 0.277 e. The van der Waals surface area contributed by atoms with E-state index in [4.69, 9.17) is 4.42 Å². The zero-order chi connectivity index (χ0) is 19.5. The van der Waals surface area contributed by atoms with Gasteiger partial charge in [0, 0.05) is 29.7 Å². The lowest BCUT2D eigenvalue weighted by molar-refractivity contribution is -0.133. The van der Waals surface area contributed by atoms with Gasteiger partial charge in [0.1, 0.15) is 0 Å². The summed E-state index contributed by atoms with van der Waals surface area (Å²) in [5, 5.41) is 9.58. The predicted octanol–water partition coefficient (Wildman–Crippen LogP) is 4.88. The van der Waals surface area contributed by atoms with Gasteiger partial charge in [-0.2, -0.15) is 0 Å². The number of aromatic nitrogens is 3. The summed E-state index contributed by atoms with van der Waals surface area (Å²) in [7, 11) is 0. The first-order valence-corrected chi connectivity index (χ1v) is 10.9. The topological polar surface area (TPSA) is 75.0 Å². The van der Waals surface area contributed by atoms with Crippen LogP contribution in [0.4, 0.5) is 0 Å². The Labute approximate surface area is 169 Å². The van der Waals surface area contributed by atoms with Crippen LogP contribution in [0.3, 0.4) is 0 Å². The molecule has 2 aromatic heterocycles. The molecule has 1 unspecified atom stereocenters. The second-order valence-corrected chi connectivity index (χ2v) is 8.59. The Kier molecular flexibility index (Phi) is 5.71. The number of hydrogen-bond acceptors (Lipinski definition) is 5. The molecule has 0 saturated heterocycles. The van der Waals surface area contributed by atoms with Crippen LogP contribution in [0.15, 0.2) is 40.1 Å². The number of hydrogen-bond donors (Lipinski definition) is 1. The lowest BCUT2D eigenvalue weighted by Crippen LogP contribution is -2.44. The third-order valence-corrected chi connectivity index (χ3v) is 6.41. The van der Waals surface area contributed by atoms with Gasteiger partial charge in [0.15, 0.2) is 0 Å². The molecule has 0 radical (unpaired) electrons. The highest BCUT2D eigenvalue weighted by Gasteiger charge is 2.29. The van der Waals surface area contributed by atoms with Gasteiger partial charge in [-0.1, -0.05) is 49.2 Å². The number of fused-ring (bicyclic) bond motifs is 1. The van der Waals surface area contributed by atoms with Gasteiger partial charge < -0.3 is 14.3 Å². The molecule has 1 aromatic carbocycles. The van der Waals surface area contributed by atoms with Crippen LogP contribution in [0.5, 0.6) is 0 Å². The molecule has 1 fully saturated rings. The van der Waals surface area contributed by atoms with Crippen LogP contribution >= 0.6 is 11.8 Å². The Morgan fingerprint density at radius 1 is 1.29 bits per heavy atom. The van der Waals surface area contributed by atoms with Gasteiger partial charge in [0.25, 0.3) is 11.1 Å². The lowest BCUT2D eigenvalue weighted by atomic mass is 9.94. The minimum absolute atomic E-state index is 0.159. The van der Waals surface area contributed by atoms with Crippen molar-refractivity contribution in [2.24, 2.45) is 0 Å². The zero-order valence-corrected chi connectivity index (χ0v) is 17.2. The second-order valence-electron chi connectivity index (χ2n) is 7.30. The molecule has 1 saturated carbocycles. The number of nitrogens with zero attached hydrogens (tertiary/aromatic N) is 3. The maximum absolute atomic E-state index is 13.0. The summed E-state index contributed by atoms with van der Waals surface area (Å²) < 4.78 is 5.87. The molecule has 0 spiro atoms. The highest BCUT2D eigenvalue weighted by molar-refractivity contribution is 8.00. The fourth-order valence-corrected chi connectivity index (χ4v) is 4.79. The molecule has 148 valence electrons. The van der Waals surface area contributed by atoms with Crippen molar-refractivity contribution in [3.8, 4) is 11.5 Å². The van der Waals surface area contributed by atoms with Crippen LogP contribution in [0.2, 0.25) is 0 Å². The van der Waals surface area contributed by atoms with Crippen molar-refractivity contribution in [2.45, 2.75) is 62.5 Å². The van der Waals surface area contributed by atoms with Gasteiger partial charge in [0.05, 0.1) is 10.8 Å². The van der Waals surface area contributed by atoms with Gasteiger partial charge in [-0.15, -0.1) is 10.2 Å². The van der Waals surface area contributed by atoms with Crippen LogP contribution in [-0.4, -0.2) is 43.8 Å². The van der Waals surface area contributed by atoms with Gasteiger partial charge in [-0.3, -0.25) is 4.79 Å². The number of H-pyrrole nitrogens is 1. The standard InChI is InChI=1S/C21H26N4O2S/c1-3-25(15-9-5-4-6-10-15)20(26)14(2)28-21-24-23-19(27-21)17-13-22-18-12-8-7-11-16(17)18/h7-8,11-15,22H,3-6,9-10H2,1-2H3. The first kappa shape index (κ1) is 19.1. The largest absolute Gasteiger partial charge is 0.411 e. The molecule has 1 amide bonds. The minimum Gasteiger partial charge on any atom is -0.411 e. The number of aromatic amines is 1. The molecule has 0 bridgehead atoms. The van der Waals surface area contributed by atoms with Crippen molar-refractivity contribution in [3.63, 3.8) is 0 Å². The second kappa shape index (κ2) is 8.39. The molecular weight excluding hydrogens is 372 g/mol. The Hall–Kier alpha value is -2.28. The number of benzene rings is 1. The number of nitrogens with one attached hydrogen (secondary N) is 1. The molecule has 2 heterocycles. The van der Waals surface area contributed by atoms with Crippen LogP contribution < -0.4 is 0 Å². The van der Waals surface area contributed by atoms with E-state index in [-0.39, 0.29) is 11.2 Å². The third kappa shape index (κ3) is 3.81. The van der Waals surface area contributed by atoms with Crippen molar-refractivity contribution in [1.29, 1.82) is 0 Å². The van der Waals surface area contributed by atoms with Crippen molar-refractivity contribution < 1.29 is 9.21 Å². The van der Waals surface area contributed by atoms with E-state index in [0.717, 1.165) is 35.9 Å². The third-order valence-electron chi connectivity index (χ3n) is 5.49. The Morgan fingerprint density at radius 2 is 2.07 bits per heavy atom. The maximum atomic E-state index is 13.0. The molecule has 3 aromatic rings. The monoisotopic (exact) mass is 398 g/mol. The molecule has 7 heteroatoms. The number of carbonyl (C=O) groups is 1. The SMILES string of the molecule is CCN(C(=O)C(C)Sc1nnc(-c2c[nH]c3ccccc23)o1)C1CCCCC1. The van der Waals surface area contributed by atoms with Crippen LogP contribution in [0.25, 0.3) is 22.4 Å². The van der Waals surface area contributed by atoms with Crippen molar-refractivity contribution in [2.75, 3.05) is 6.54 Å². The van der Waals surface area contributed by atoms with E-state index < -0.39 is 0 Å². The molecule has 1 aliphatic carbocycles. The first-order chi connectivity index (χ1) is 13.7. The molecule has 1 aliphatic rings. The predicted molar refractivity (Wildman–Crippen MR) is 111 cm³/mol. The van der Waals surface area contributed by atoms with Gasteiger partial charge in [-0.05, 0) is 32.8 Å². The van der Waals surface area contributed by atoms with Crippen LogP contribution in [-0.2, 0) is 4.79 Å². The molecule has 6 nitrogen and oxygen atoms in total. The van der Waals surface area contributed by atoms with Gasteiger partial charge in [-0.25, -0.2) is 0 Å². The highest BCUT2D eigenvalue weighted by Crippen LogP contribution is 2.32. The van der Waals surface area contributed by atoms with E-state index >= 15 is 0 Å². The van der Waals surface area contributed by atoms with E-state index in [2.05, 4.69) is 22.1 Å². The Bertz CT molecular complexity index is 945. The lowest BCUT2D eigenvalue weighted by Gasteiger charge is -2.34.